The van der Waals surface area contributed by atoms with Crippen molar-refractivity contribution in [2.45, 2.75) is 51.6 Å². The summed E-state index contributed by atoms with van der Waals surface area (Å²) in [4.78, 5) is 21.8. The Kier molecular flexibility index (Phi) is 6.15. The third-order valence-corrected chi connectivity index (χ3v) is 6.08. The van der Waals surface area contributed by atoms with Crippen LogP contribution in [0.1, 0.15) is 59.7 Å². The third-order valence-electron chi connectivity index (χ3n) is 6.08. The van der Waals surface area contributed by atoms with Crippen LogP contribution in [0.3, 0.4) is 0 Å². The summed E-state index contributed by atoms with van der Waals surface area (Å²) in [5.41, 5.74) is 5.20. The molecule has 7 nitrogen and oxygen atoms in total. The maximum Gasteiger partial charge on any atom is 0.256 e. The lowest BCUT2D eigenvalue weighted by Gasteiger charge is -2.18. The average molecular weight is 461 g/mol. The van der Waals surface area contributed by atoms with E-state index >= 15 is 0 Å². The molecule has 5 rings (SSSR count). The van der Waals surface area contributed by atoms with E-state index in [1.54, 1.807) is 6.07 Å². The van der Waals surface area contributed by atoms with E-state index < -0.39 is 0 Å². The van der Waals surface area contributed by atoms with Gasteiger partial charge in [0, 0.05) is 30.2 Å². The number of hydrogen-bond donors (Lipinski definition) is 4. The molecule has 8 heteroatoms. The number of carbonyl (C=O) groups is 1. The second-order valence-electron chi connectivity index (χ2n) is 9.25. The van der Waals surface area contributed by atoms with Crippen molar-refractivity contribution in [3.63, 3.8) is 0 Å². The lowest BCUT2D eigenvalue weighted by atomic mass is 10.0. The van der Waals surface area contributed by atoms with E-state index in [4.69, 9.17) is 0 Å². The molecule has 1 aliphatic carbocycles. The number of amides is 1. The van der Waals surface area contributed by atoms with Gasteiger partial charge in [-0.15, -0.1) is 0 Å². The molecule has 2 aliphatic rings. The first-order valence-electron chi connectivity index (χ1n) is 11.8. The Balaban J connectivity index is 1.44. The smallest absolute Gasteiger partial charge is 0.256 e. The molecule has 34 heavy (non-hydrogen) atoms. The highest BCUT2D eigenvalue weighted by Crippen LogP contribution is 2.42. The monoisotopic (exact) mass is 460 g/mol. The van der Waals surface area contributed by atoms with Crippen molar-refractivity contribution in [1.82, 2.24) is 20.6 Å². The van der Waals surface area contributed by atoms with Crippen LogP contribution >= 0.6 is 0 Å². The van der Waals surface area contributed by atoms with Crippen LogP contribution in [0.4, 0.5) is 27.5 Å². The van der Waals surface area contributed by atoms with Gasteiger partial charge in [-0.05, 0) is 92.6 Å². The molecule has 0 unspecified atom stereocenters. The molecule has 3 aromatic rings. The molecule has 0 saturated heterocycles. The first kappa shape index (κ1) is 22.3. The maximum absolute atomic E-state index is 14.2. The van der Waals surface area contributed by atoms with Crippen LogP contribution in [0, 0.1) is 5.82 Å². The average Bonchev–Trinajstić information content (AvgIpc) is 3.65. The molecule has 2 heterocycles. The number of nitrogens with one attached hydrogen (secondary N) is 4. The van der Waals surface area contributed by atoms with E-state index in [1.807, 2.05) is 26.0 Å². The zero-order chi connectivity index (χ0) is 23.7. The minimum absolute atomic E-state index is 0.0320. The van der Waals surface area contributed by atoms with Crippen molar-refractivity contribution in [3.8, 4) is 0 Å². The van der Waals surface area contributed by atoms with E-state index in [0.29, 0.717) is 28.6 Å². The lowest BCUT2D eigenvalue weighted by molar-refractivity contribution is 0.0943. The van der Waals surface area contributed by atoms with Gasteiger partial charge in [0.1, 0.15) is 17.2 Å². The lowest BCUT2D eigenvalue weighted by Crippen LogP contribution is -2.31. The highest BCUT2D eigenvalue weighted by atomic mass is 19.1. The van der Waals surface area contributed by atoms with Gasteiger partial charge in [0.2, 0.25) is 5.95 Å². The molecule has 1 saturated carbocycles. The van der Waals surface area contributed by atoms with E-state index in [2.05, 4.69) is 43.4 Å². The van der Waals surface area contributed by atoms with Crippen LogP contribution in [0.2, 0.25) is 0 Å². The predicted octanol–water partition coefficient (Wildman–Crippen LogP) is 4.76. The number of aromatic nitrogens is 2. The Morgan fingerprint density at radius 2 is 1.88 bits per heavy atom. The first-order valence-corrected chi connectivity index (χ1v) is 11.8. The van der Waals surface area contributed by atoms with Gasteiger partial charge in [0.25, 0.3) is 5.91 Å². The van der Waals surface area contributed by atoms with E-state index in [0.717, 1.165) is 38.0 Å². The quantitative estimate of drug-likeness (QED) is 0.406. The summed E-state index contributed by atoms with van der Waals surface area (Å²) in [6, 6.07) is 11.1. The van der Waals surface area contributed by atoms with Crippen molar-refractivity contribution in [2.24, 2.45) is 0 Å². The van der Waals surface area contributed by atoms with E-state index in [1.165, 1.54) is 23.4 Å². The number of anilines is 4. The van der Waals surface area contributed by atoms with E-state index in [-0.39, 0.29) is 23.7 Å². The van der Waals surface area contributed by atoms with Gasteiger partial charge in [0.15, 0.2) is 0 Å². The molecule has 0 spiro atoms. The summed E-state index contributed by atoms with van der Waals surface area (Å²) in [6.45, 7) is 5.63. The van der Waals surface area contributed by atoms with Gasteiger partial charge in [-0.3, -0.25) is 4.79 Å². The van der Waals surface area contributed by atoms with Gasteiger partial charge >= 0.3 is 0 Å². The molecule has 2 aromatic carbocycles. The van der Waals surface area contributed by atoms with E-state index in [9.17, 15) is 9.18 Å². The summed E-state index contributed by atoms with van der Waals surface area (Å²) in [5.74, 6) is 0.550. The Bertz CT molecular complexity index is 1220. The van der Waals surface area contributed by atoms with Gasteiger partial charge in [-0.2, -0.15) is 4.98 Å². The molecule has 1 aliphatic heterocycles. The number of halogens is 1. The van der Waals surface area contributed by atoms with Crippen molar-refractivity contribution >= 4 is 29.0 Å². The van der Waals surface area contributed by atoms with Gasteiger partial charge in [-0.25, -0.2) is 9.37 Å². The maximum atomic E-state index is 14.2. The molecule has 1 aromatic heterocycles. The summed E-state index contributed by atoms with van der Waals surface area (Å²) < 4.78 is 14.2. The van der Waals surface area contributed by atoms with Gasteiger partial charge in [-0.1, -0.05) is 6.07 Å². The number of hydrogen-bond acceptors (Lipinski definition) is 6. The number of nitrogens with zero attached hydrogens (tertiary/aromatic N) is 2. The second kappa shape index (κ2) is 9.38. The number of carbonyl (C=O) groups excluding carboxylic acids is 1. The third kappa shape index (κ3) is 5.02. The fourth-order valence-corrected chi connectivity index (χ4v) is 4.19. The molecule has 0 bridgehead atoms. The molecule has 1 fully saturated rings. The van der Waals surface area contributed by atoms with Crippen LogP contribution in [0.5, 0.6) is 0 Å². The standard InChI is InChI=1S/C26H29FN6O/c1-15(2)30-25(34)22-14-29-26(32-19-6-5-18-13-28-10-9-17(18)11-19)33-24(22)31-20-7-8-23(27)21(12-20)16-3-4-16/h5-8,11-12,14-16,28H,3-4,9-10,13H2,1-2H3,(H,30,34)(H2,29,31,32,33). The largest absolute Gasteiger partial charge is 0.350 e. The summed E-state index contributed by atoms with van der Waals surface area (Å²) in [7, 11) is 0. The molecular formula is C26H29FN6O. The Hall–Kier alpha value is -3.52. The predicted molar refractivity (Wildman–Crippen MR) is 131 cm³/mol. The van der Waals surface area contributed by atoms with Gasteiger partial charge in [0.05, 0.1) is 0 Å². The van der Waals surface area contributed by atoms with Crippen molar-refractivity contribution in [1.29, 1.82) is 0 Å². The number of benzene rings is 2. The number of rotatable bonds is 7. The summed E-state index contributed by atoms with van der Waals surface area (Å²) in [6.07, 6.45) is 4.49. The second-order valence-corrected chi connectivity index (χ2v) is 9.25. The van der Waals surface area contributed by atoms with Crippen molar-refractivity contribution in [2.75, 3.05) is 17.2 Å². The molecule has 1 amide bonds. The number of fused-ring (bicyclic) bond motifs is 1. The van der Waals surface area contributed by atoms with Crippen LogP contribution in [-0.4, -0.2) is 28.5 Å². The highest BCUT2D eigenvalue weighted by molar-refractivity contribution is 5.99. The van der Waals surface area contributed by atoms with Crippen LogP contribution in [0.15, 0.2) is 42.6 Å². The molecule has 4 N–H and O–H groups in total. The minimum atomic E-state index is -0.269. The minimum Gasteiger partial charge on any atom is -0.350 e. The highest BCUT2D eigenvalue weighted by Gasteiger charge is 2.27. The van der Waals surface area contributed by atoms with Crippen molar-refractivity contribution in [3.05, 3.63) is 70.7 Å². The topological polar surface area (TPSA) is 91.0 Å². The van der Waals surface area contributed by atoms with Crippen LogP contribution in [0.25, 0.3) is 0 Å². The zero-order valence-corrected chi connectivity index (χ0v) is 19.4. The normalized spacial score (nSPS) is 15.1. The fourth-order valence-electron chi connectivity index (χ4n) is 4.19. The Morgan fingerprint density at radius 1 is 1.09 bits per heavy atom. The molecule has 0 radical (unpaired) electrons. The zero-order valence-electron chi connectivity index (χ0n) is 19.4. The first-order chi connectivity index (χ1) is 16.5. The van der Waals surface area contributed by atoms with Crippen LogP contribution in [-0.2, 0) is 13.0 Å². The molecule has 176 valence electrons. The van der Waals surface area contributed by atoms with Gasteiger partial charge < -0.3 is 21.3 Å². The van der Waals surface area contributed by atoms with Crippen LogP contribution < -0.4 is 21.3 Å². The summed E-state index contributed by atoms with van der Waals surface area (Å²) in [5, 5.41) is 12.8. The Morgan fingerprint density at radius 3 is 2.68 bits per heavy atom. The SMILES string of the molecule is CC(C)NC(=O)c1cnc(Nc2ccc3c(c2)CCNC3)nc1Nc1ccc(F)c(C2CC2)c1. The fraction of sp³-hybridized carbons (Fsp3) is 0.346. The summed E-state index contributed by atoms with van der Waals surface area (Å²) >= 11 is 0. The van der Waals surface area contributed by atoms with Crippen molar-refractivity contribution < 1.29 is 9.18 Å². The molecular weight excluding hydrogens is 431 g/mol. The Labute approximate surface area is 198 Å². The molecule has 0 atom stereocenters.